The van der Waals surface area contributed by atoms with Gasteiger partial charge in [-0.3, -0.25) is 0 Å². The molecular weight excluding hydrogens is 501 g/mol. The molecule has 0 N–H and O–H groups in total. The maximum Gasteiger partial charge on any atom is 0.192 e. The van der Waals surface area contributed by atoms with Crippen LogP contribution in [0.4, 0.5) is 0 Å². The number of fused-ring (bicyclic) bond motifs is 6. The van der Waals surface area contributed by atoms with Crippen LogP contribution in [0.3, 0.4) is 0 Å². The van der Waals surface area contributed by atoms with E-state index >= 15 is 0 Å². The van der Waals surface area contributed by atoms with Crippen molar-refractivity contribution in [3.8, 4) is 0 Å². The SMILES string of the molecule is CC1O[C@@]12CC[C@H]1C3=CC=C4CC(O[Si](C)(C)C(C)(C)C)CC(O[Si](C)(C)C(C)(C)C)[C@]4(C)[C@H]3CC[C@@]12C. The Labute approximate surface area is 236 Å². The molecule has 1 spiro atoms. The van der Waals surface area contributed by atoms with Crippen LogP contribution in [0, 0.1) is 22.7 Å². The molecule has 8 atom stereocenters. The Hall–Kier alpha value is -0.206. The minimum atomic E-state index is -1.97. The van der Waals surface area contributed by atoms with Gasteiger partial charge >= 0.3 is 0 Å². The van der Waals surface area contributed by atoms with Gasteiger partial charge in [0.1, 0.15) is 5.60 Å². The molecular formula is C33H58O3Si2. The van der Waals surface area contributed by atoms with Crippen molar-refractivity contribution in [2.45, 2.75) is 161 Å². The van der Waals surface area contributed by atoms with Crippen molar-refractivity contribution in [1.82, 2.24) is 0 Å². The first kappa shape index (κ1) is 29.3. The Morgan fingerprint density at radius 3 is 1.95 bits per heavy atom. The fourth-order valence-electron chi connectivity index (χ4n) is 8.57. The molecule has 5 rings (SSSR count). The predicted octanol–water partition coefficient (Wildman–Crippen LogP) is 9.42. The molecule has 4 aliphatic carbocycles. The molecule has 38 heavy (non-hydrogen) atoms. The third-order valence-electron chi connectivity index (χ3n) is 13.3. The van der Waals surface area contributed by atoms with Crippen LogP contribution in [-0.4, -0.2) is 40.5 Å². The van der Waals surface area contributed by atoms with E-state index in [9.17, 15) is 0 Å². The van der Waals surface area contributed by atoms with Gasteiger partial charge in [0.05, 0.1) is 18.3 Å². The number of rotatable bonds is 4. The normalized spacial score (nSPS) is 43.2. The third-order valence-corrected chi connectivity index (χ3v) is 22.3. The molecule has 0 amide bonds. The second-order valence-corrected chi connectivity index (χ2v) is 26.7. The quantitative estimate of drug-likeness (QED) is 0.254. The molecule has 3 unspecified atom stereocenters. The van der Waals surface area contributed by atoms with Gasteiger partial charge in [-0.15, -0.1) is 0 Å². The van der Waals surface area contributed by atoms with Crippen LogP contribution in [0.1, 0.15) is 101 Å². The van der Waals surface area contributed by atoms with E-state index in [1.165, 1.54) is 25.7 Å². The number of hydrogen-bond donors (Lipinski definition) is 0. The summed E-state index contributed by atoms with van der Waals surface area (Å²) in [5.41, 5.74) is 3.80. The maximum atomic E-state index is 7.48. The summed E-state index contributed by atoms with van der Waals surface area (Å²) in [7, 11) is -3.85. The van der Waals surface area contributed by atoms with Gasteiger partial charge in [0, 0.05) is 10.8 Å². The van der Waals surface area contributed by atoms with Gasteiger partial charge in [-0.2, -0.15) is 0 Å². The van der Waals surface area contributed by atoms with Crippen molar-refractivity contribution in [2.75, 3.05) is 0 Å². The molecule has 216 valence electrons. The van der Waals surface area contributed by atoms with Crippen molar-refractivity contribution in [3.63, 3.8) is 0 Å². The van der Waals surface area contributed by atoms with E-state index < -0.39 is 16.6 Å². The number of hydrogen-bond acceptors (Lipinski definition) is 3. The molecule has 0 aromatic carbocycles. The molecule has 5 heteroatoms. The largest absolute Gasteiger partial charge is 0.414 e. The summed E-state index contributed by atoms with van der Waals surface area (Å²) < 4.78 is 21.0. The zero-order valence-electron chi connectivity index (χ0n) is 27.0. The van der Waals surface area contributed by atoms with Crippen molar-refractivity contribution < 1.29 is 13.6 Å². The molecule has 3 saturated carbocycles. The van der Waals surface area contributed by atoms with Gasteiger partial charge < -0.3 is 13.6 Å². The average molecular weight is 559 g/mol. The number of ether oxygens (including phenoxy) is 1. The Balaban J connectivity index is 1.52. The minimum Gasteiger partial charge on any atom is -0.414 e. The molecule has 5 aliphatic rings. The van der Waals surface area contributed by atoms with Crippen molar-refractivity contribution in [2.24, 2.45) is 22.7 Å². The van der Waals surface area contributed by atoms with Gasteiger partial charge in [0.25, 0.3) is 0 Å². The Morgan fingerprint density at radius 1 is 0.842 bits per heavy atom. The monoisotopic (exact) mass is 558 g/mol. The molecule has 1 aliphatic heterocycles. The third kappa shape index (κ3) is 4.10. The Kier molecular flexibility index (Phi) is 6.67. The average Bonchev–Trinajstić information content (AvgIpc) is 3.33. The van der Waals surface area contributed by atoms with E-state index in [0.717, 1.165) is 12.8 Å². The van der Waals surface area contributed by atoms with E-state index in [-0.39, 0.29) is 38.7 Å². The summed E-state index contributed by atoms with van der Waals surface area (Å²) in [5, 5.41) is 0.405. The van der Waals surface area contributed by atoms with Crippen LogP contribution in [0.2, 0.25) is 36.3 Å². The van der Waals surface area contributed by atoms with E-state index in [2.05, 4.69) is 101 Å². The second kappa shape index (κ2) is 8.66. The molecule has 4 fully saturated rings. The van der Waals surface area contributed by atoms with E-state index in [0.29, 0.717) is 17.9 Å². The van der Waals surface area contributed by atoms with Gasteiger partial charge in [0.2, 0.25) is 0 Å². The Bertz CT molecular complexity index is 1030. The summed E-state index contributed by atoms with van der Waals surface area (Å²) in [4.78, 5) is 0. The highest BCUT2D eigenvalue weighted by atomic mass is 28.4. The Morgan fingerprint density at radius 2 is 1.39 bits per heavy atom. The highest BCUT2D eigenvalue weighted by Crippen LogP contribution is 2.72. The lowest BCUT2D eigenvalue weighted by Crippen LogP contribution is -2.58. The maximum absolute atomic E-state index is 7.48. The fraction of sp³-hybridized carbons (Fsp3) is 0.879. The molecule has 0 radical (unpaired) electrons. The second-order valence-electron chi connectivity index (χ2n) is 17.2. The highest BCUT2D eigenvalue weighted by molar-refractivity contribution is 6.74. The summed E-state index contributed by atoms with van der Waals surface area (Å²) >= 11 is 0. The van der Waals surface area contributed by atoms with Crippen LogP contribution in [-0.2, 0) is 13.6 Å². The predicted molar refractivity (Wildman–Crippen MR) is 164 cm³/mol. The molecule has 0 aromatic heterocycles. The van der Waals surface area contributed by atoms with Gasteiger partial charge in [-0.1, -0.05) is 78.7 Å². The van der Waals surface area contributed by atoms with Crippen LogP contribution < -0.4 is 0 Å². The van der Waals surface area contributed by atoms with Gasteiger partial charge in [-0.05, 0) is 93.5 Å². The standard InChI is InChI=1S/C33H58O3Si2/c1-22-33(34-22)19-17-26-25-15-14-23-20-24(35-37(10,11)29(2,3)4)21-28(36-38(12,13)30(5,6)7)32(23,9)27(25)16-18-31(26,33)8/h14-15,22,24,26-28H,16-21H2,1-13H3/t22?,24?,26-,27-,28?,31-,32-,33-/m0/s1. The van der Waals surface area contributed by atoms with Crippen LogP contribution in [0.25, 0.3) is 0 Å². The smallest absolute Gasteiger partial charge is 0.192 e. The topological polar surface area (TPSA) is 31.0 Å². The summed E-state index contributed by atoms with van der Waals surface area (Å²) in [6.45, 7) is 31.4. The first-order valence-electron chi connectivity index (χ1n) is 15.6. The van der Waals surface area contributed by atoms with Gasteiger partial charge in [0.15, 0.2) is 16.6 Å². The van der Waals surface area contributed by atoms with Crippen LogP contribution in [0.15, 0.2) is 23.3 Å². The first-order chi connectivity index (χ1) is 17.2. The lowest BCUT2D eigenvalue weighted by Gasteiger charge is -2.59. The van der Waals surface area contributed by atoms with Crippen LogP contribution in [0.5, 0.6) is 0 Å². The van der Waals surface area contributed by atoms with E-state index in [1.807, 2.05) is 0 Å². The zero-order chi connectivity index (χ0) is 28.3. The van der Waals surface area contributed by atoms with Crippen molar-refractivity contribution in [1.29, 1.82) is 0 Å². The van der Waals surface area contributed by atoms with Crippen LogP contribution >= 0.6 is 0 Å². The molecule has 0 aromatic rings. The number of epoxide rings is 1. The lowest BCUT2D eigenvalue weighted by atomic mass is 9.49. The van der Waals surface area contributed by atoms with Gasteiger partial charge in [-0.25, -0.2) is 0 Å². The summed E-state index contributed by atoms with van der Waals surface area (Å²) in [5.74, 6) is 1.23. The highest BCUT2D eigenvalue weighted by Gasteiger charge is 2.72. The summed E-state index contributed by atoms with van der Waals surface area (Å²) in [6.07, 6.45) is 13.1. The fourth-order valence-corrected chi connectivity index (χ4v) is 11.3. The van der Waals surface area contributed by atoms with Crippen molar-refractivity contribution >= 4 is 16.6 Å². The first-order valence-corrected chi connectivity index (χ1v) is 21.5. The number of allylic oxidation sites excluding steroid dienone is 3. The summed E-state index contributed by atoms with van der Waals surface area (Å²) in [6, 6.07) is 0. The molecule has 0 bridgehead atoms. The van der Waals surface area contributed by atoms with E-state index in [1.54, 1.807) is 11.1 Å². The molecule has 1 saturated heterocycles. The molecule has 3 nitrogen and oxygen atoms in total. The zero-order valence-corrected chi connectivity index (χ0v) is 29.0. The minimum absolute atomic E-state index is 0.0556. The lowest BCUT2D eigenvalue weighted by molar-refractivity contribution is -0.0445. The molecule has 1 heterocycles. The van der Waals surface area contributed by atoms with E-state index in [4.69, 9.17) is 13.6 Å². The van der Waals surface area contributed by atoms with Crippen molar-refractivity contribution in [3.05, 3.63) is 23.3 Å².